The summed E-state index contributed by atoms with van der Waals surface area (Å²) in [6.45, 7) is 10.0. The molecule has 8 atom stereocenters. The molecule has 0 spiro atoms. The van der Waals surface area contributed by atoms with Gasteiger partial charge in [-0.05, 0) is 97.7 Å². The summed E-state index contributed by atoms with van der Waals surface area (Å²) in [7, 11) is 0. The van der Waals surface area contributed by atoms with E-state index in [2.05, 4.69) is 40.7 Å². The van der Waals surface area contributed by atoms with Gasteiger partial charge in [0.2, 0.25) is 0 Å². The molecule has 0 aliphatic heterocycles. The van der Waals surface area contributed by atoms with Gasteiger partial charge in [0.15, 0.2) is 0 Å². The van der Waals surface area contributed by atoms with Crippen molar-refractivity contribution in [3.63, 3.8) is 0 Å². The standard InChI is InChI=1S/C29H50O2/c1-20(2)7-6-8-21(3)25-11-12-26-24-10-9-22-19-23(31-18-17-30)13-15-28(22,4)27(24)14-16-29(25,26)5/h9,20-21,23-27,30H,6-8,10-19H2,1-5H3/t21-,23+,24+,25-,26+,27+,28+,29-/m1/s1/i17D2. The van der Waals surface area contributed by atoms with Crippen LogP contribution in [-0.4, -0.2) is 24.4 Å². The van der Waals surface area contributed by atoms with Crippen LogP contribution in [0.15, 0.2) is 11.6 Å². The molecule has 2 heteroatoms. The molecule has 4 aliphatic carbocycles. The lowest BCUT2D eigenvalue weighted by atomic mass is 9.47. The van der Waals surface area contributed by atoms with E-state index in [4.69, 9.17) is 7.48 Å². The zero-order valence-electron chi connectivity index (χ0n) is 23.0. The number of allylic oxidation sites excluding steroid dienone is 1. The topological polar surface area (TPSA) is 29.5 Å². The molecular weight excluding hydrogens is 380 g/mol. The molecule has 178 valence electrons. The van der Waals surface area contributed by atoms with E-state index in [1.165, 1.54) is 51.4 Å². The summed E-state index contributed by atoms with van der Waals surface area (Å²) in [4.78, 5) is 0. The molecule has 31 heavy (non-hydrogen) atoms. The van der Waals surface area contributed by atoms with Gasteiger partial charge in [0, 0.05) is 0 Å². The first kappa shape index (κ1) is 21.2. The zero-order chi connectivity index (χ0) is 24.0. The Morgan fingerprint density at radius 2 is 1.90 bits per heavy atom. The predicted molar refractivity (Wildman–Crippen MR) is 130 cm³/mol. The summed E-state index contributed by atoms with van der Waals surface area (Å²) in [6, 6.07) is 0. The van der Waals surface area contributed by atoms with Crippen LogP contribution >= 0.6 is 0 Å². The smallest absolute Gasteiger partial charge is 0.0701 e. The van der Waals surface area contributed by atoms with Crippen molar-refractivity contribution in [3.8, 4) is 0 Å². The summed E-state index contributed by atoms with van der Waals surface area (Å²) >= 11 is 0. The lowest BCUT2D eigenvalue weighted by molar-refractivity contribution is -0.0658. The average molecular weight is 433 g/mol. The Labute approximate surface area is 195 Å². The maximum absolute atomic E-state index is 9.42. The normalized spacial score (nSPS) is 44.6. The molecule has 3 fully saturated rings. The third-order valence-electron chi connectivity index (χ3n) is 10.6. The van der Waals surface area contributed by atoms with E-state index in [0.717, 1.165) is 54.8 Å². The second kappa shape index (κ2) is 9.49. The van der Waals surface area contributed by atoms with Gasteiger partial charge < -0.3 is 9.84 Å². The summed E-state index contributed by atoms with van der Waals surface area (Å²) in [6.07, 6.45) is 16.8. The SMILES string of the molecule is [2H]C([2H])(O)CO[C@H]1CC[C@@]2(C)C(=CC[C@H]3[C@@H]4CC[C@H]([C@H](C)CCCC(C)C)[C@@]4(C)CC[C@@H]32)C1. The van der Waals surface area contributed by atoms with Crippen molar-refractivity contribution in [2.24, 2.45) is 46.3 Å². The van der Waals surface area contributed by atoms with Gasteiger partial charge >= 0.3 is 0 Å². The van der Waals surface area contributed by atoms with Gasteiger partial charge in [-0.1, -0.05) is 65.5 Å². The van der Waals surface area contributed by atoms with E-state index in [9.17, 15) is 5.11 Å². The Balaban J connectivity index is 1.43. The van der Waals surface area contributed by atoms with E-state index >= 15 is 0 Å². The molecule has 0 aromatic rings. The largest absolute Gasteiger partial charge is 0.394 e. The molecule has 0 aromatic heterocycles. The van der Waals surface area contributed by atoms with Crippen LogP contribution in [0.4, 0.5) is 0 Å². The highest BCUT2D eigenvalue weighted by molar-refractivity contribution is 5.25. The van der Waals surface area contributed by atoms with Gasteiger partial charge in [-0.25, -0.2) is 0 Å². The van der Waals surface area contributed by atoms with Crippen molar-refractivity contribution in [3.05, 3.63) is 11.6 Å². The molecule has 0 aromatic carbocycles. The fraction of sp³-hybridized carbons (Fsp3) is 0.931. The molecule has 0 amide bonds. The lowest BCUT2D eigenvalue weighted by Gasteiger charge is -2.58. The number of aliphatic hydroxyl groups is 1. The summed E-state index contributed by atoms with van der Waals surface area (Å²) in [5.74, 6) is 5.13. The van der Waals surface area contributed by atoms with Gasteiger partial charge in [-0.3, -0.25) is 0 Å². The first-order valence-electron chi connectivity index (χ1n) is 14.5. The Morgan fingerprint density at radius 1 is 1.10 bits per heavy atom. The second-order valence-electron chi connectivity index (χ2n) is 12.6. The zero-order valence-corrected chi connectivity index (χ0v) is 21.0. The molecule has 0 bridgehead atoms. The molecule has 1 N–H and O–H groups in total. The quantitative estimate of drug-likeness (QED) is 0.405. The molecule has 4 aliphatic rings. The number of hydrogen-bond acceptors (Lipinski definition) is 2. The van der Waals surface area contributed by atoms with E-state index in [0.29, 0.717) is 10.8 Å². The molecule has 3 saturated carbocycles. The molecule has 0 heterocycles. The summed E-state index contributed by atoms with van der Waals surface area (Å²) < 4.78 is 20.5. The Bertz CT molecular complexity index is 713. The molecule has 0 saturated heterocycles. The minimum Gasteiger partial charge on any atom is -0.394 e. The molecular formula is C29H50O2. The van der Waals surface area contributed by atoms with E-state index in [1.807, 2.05) is 0 Å². The lowest BCUT2D eigenvalue weighted by Crippen LogP contribution is -2.51. The van der Waals surface area contributed by atoms with Gasteiger partial charge in [0.25, 0.3) is 0 Å². The first-order chi connectivity index (χ1) is 15.4. The Hall–Kier alpha value is -0.340. The third-order valence-corrected chi connectivity index (χ3v) is 10.6. The van der Waals surface area contributed by atoms with Crippen LogP contribution in [0.1, 0.15) is 108 Å². The maximum atomic E-state index is 9.42. The Morgan fingerprint density at radius 3 is 2.65 bits per heavy atom. The first-order valence-corrected chi connectivity index (χ1v) is 13.5. The maximum Gasteiger partial charge on any atom is 0.0701 e. The van der Waals surface area contributed by atoms with Crippen LogP contribution in [0.3, 0.4) is 0 Å². The predicted octanol–water partition coefficient (Wildman–Crippen LogP) is 7.41. The fourth-order valence-corrected chi connectivity index (χ4v) is 8.95. The summed E-state index contributed by atoms with van der Waals surface area (Å²) in [5, 5.41) is 9.42. The number of hydrogen-bond donors (Lipinski definition) is 1. The van der Waals surface area contributed by atoms with Gasteiger partial charge in [0.05, 0.1) is 22.0 Å². The van der Waals surface area contributed by atoms with E-state index in [-0.39, 0.29) is 12.7 Å². The van der Waals surface area contributed by atoms with Crippen LogP contribution in [-0.2, 0) is 4.74 Å². The van der Waals surface area contributed by atoms with Crippen molar-refractivity contribution >= 4 is 0 Å². The van der Waals surface area contributed by atoms with Gasteiger partial charge in [-0.15, -0.1) is 0 Å². The minimum absolute atomic E-state index is 0.0551. The average Bonchev–Trinajstić information content (AvgIpc) is 3.08. The highest BCUT2D eigenvalue weighted by Gasteiger charge is 2.59. The minimum atomic E-state index is -2.23. The van der Waals surface area contributed by atoms with Crippen molar-refractivity contribution in [1.82, 2.24) is 0 Å². The van der Waals surface area contributed by atoms with Crippen molar-refractivity contribution in [2.75, 3.05) is 13.2 Å². The van der Waals surface area contributed by atoms with Crippen LogP contribution in [0.25, 0.3) is 0 Å². The van der Waals surface area contributed by atoms with Gasteiger partial charge in [0.1, 0.15) is 0 Å². The number of ether oxygens (including phenoxy) is 1. The van der Waals surface area contributed by atoms with Crippen LogP contribution in [0.5, 0.6) is 0 Å². The van der Waals surface area contributed by atoms with Crippen LogP contribution in [0, 0.1) is 46.3 Å². The van der Waals surface area contributed by atoms with Crippen molar-refractivity contribution in [1.29, 1.82) is 0 Å². The van der Waals surface area contributed by atoms with E-state index < -0.39 is 6.56 Å². The third kappa shape index (κ3) is 4.42. The monoisotopic (exact) mass is 432 g/mol. The fourth-order valence-electron chi connectivity index (χ4n) is 8.95. The second-order valence-corrected chi connectivity index (χ2v) is 12.6. The highest BCUT2D eigenvalue weighted by Crippen LogP contribution is 2.67. The molecule has 2 nitrogen and oxygen atoms in total. The van der Waals surface area contributed by atoms with Gasteiger partial charge in [-0.2, -0.15) is 0 Å². The molecule has 4 rings (SSSR count). The highest BCUT2D eigenvalue weighted by atomic mass is 16.5. The van der Waals surface area contributed by atoms with Crippen LogP contribution in [0.2, 0.25) is 0 Å². The van der Waals surface area contributed by atoms with Crippen molar-refractivity contribution in [2.45, 2.75) is 111 Å². The number of fused-ring (bicyclic) bond motifs is 5. The van der Waals surface area contributed by atoms with Crippen LogP contribution < -0.4 is 0 Å². The molecule has 0 radical (unpaired) electrons. The summed E-state index contributed by atoms with van der Waals surface area (Å²) in [5.41, 5.74) is 2.40. The van der Waals surface area contributed by atoms with Crippen molar-refractivity contribution < 1.29 is 12.6 Å². The Kier molecular flexibility index (Phi) is 6.50. The molecule has 0 unspecified atom stereocenters. The van der Waals surface area contributed by atoms with E-state index in [1.54, 1.807) is 5.57 Å². The number of rotatable bonds is 8.